The molecular weight excluding hydrogens is 166 g/mol. The lowest BCUT2D eigenvalue weighted by atomic mass is 10.1. The highest BCUT2D eigenvalue weighted by Gasteiger charge is 2.11. The number of hydrogen-bond acceptors (Lipinski definition) is 2. The Morgan fingerprint density at radius 1 is 1.62 bits per heavy atom. The molecule has 0 saturated carbocycles. The molecule has 0 fully saturated rings. The summed E-state index contributed by atoms with van der Waals surface area (Å²) in [5.41, 5.74) is 1.39. The summed E-state index contributed by atoms with van der Waals surface area (Å²) in [6, 6.07) is -0.345. The number of hydrogen-bond donors (Lipinski definition) is 2. The molecule has 0 saturated heterocycles. The molecule has 0 aliphatic heterocycles. The lowest BCUT2D eigenvalue weighted by Crippen LogP contribution is -2.38. The Morgan fingerprint density at radius 3 is 2.46 bits per heavy atom. The Kier molecular flexibility index (Phi) is 5.07. The number of aliphatic hydroxyl groups excluding tert-OH is 1. The number of rotatable bonds is 4. The van der Waals surface area contributed by atoms with Gasteiger partial charge in [-0.15, -0.1) is 0 Å². The van der Waals surface area contributed by atoms with E-state index < -0.39 is 0 Å². The van der Waals surface area contributed by atoms with E-state index in [-0.39, 0.29) is 18.6 Å². The first kappa shape index (κ1) is 11.9. The smallest absolute Gasteiger partial charge is 0.247 e. The third-order valence-corrected chi connectivity index (χ3v) is 1.87. The quantitative estimate of drug-likeness (QED) is 0.504. The highest BCUT2D eigenvalue weighted by molar-refractivity contribution is 5.93. The maximum absolute atomic E-state index is 11.3. The third kappa shape index (κ3) is 3.90. The van der Waals surface area contributed by atoms with Crippen LogP contribution in [0, 0.1) is 0 Å². The van der Waals surface area contributed by atoms with Crippen molar-refractivity contribution in [1.29, 1.82) is 0 Å². The Hall–Kier alpha value is -1.09. The number of allylic oxidation sites excluding steroid dienone is 1. The minimum Gasteiger partial charge on any atom is -0.394 e. The van der Waals surface area contributed by atoms with Crippen molar-refractivity contribution >= 4 is 5.91 Å². The van der Waals surface area contributed by atoms with E-state index in [1.54, 1.807) is 26.8 Å². The summed E-state index contributed by atoms with van der Waals surface area (Å²) in [7, 11) is 0. The summed E-state index contributed by atoms with van der Waals surface area (Å²) >= 11 is 0. The highest BCUT2D eigenvalue weighted by Crippen LogP contribution is 1.99. The van der Waals surface area contributed by atoms with Crippen LogP contribution in [0.2, 0.25) is 0 Å². The normalized spacial score (nSPS) is 13.7. The summed E-state index contributed by atoms with van der Waals surface area (Å²) in [5, 5.41) is 11.6. The molecule has 0 bridgehead atoms. The molecule has 2 N–H and O–H groups in total. The number of nitrogens with one attached hydrogen (secondary N) is 1. The van der Waals surface area contributed by atoms with Gasteiger partial charge >= 0.3 is 0 Å². The van der Waals surface area contributed by atoms with Crippen LogP contribution >= 0.6 is 0 Å². The highest BCUT2D eigenvalue weighted by atomic mass is 16.3. The van der Waals surface area contributed by atoms with Gasteiger partial charge in [-0.1, -0.05) is 18.2 Å². The maximum atomic E-state index is 11.3. The zero-order valence-electron chi connectivity index (χ0n) is 8.42. The molecule has 1 unspecified atom stereocenters. The van der Waals surface area contributed by atoms with Gasteiger partial charge in [-0.2, -0.15) is 0 Å². The van der Waals surface area contributed by atoms with E-state index in [9.17, 15) is 4.79 Å². The number of carbonyl (C=O) groups excluding carboxylic acids is 1. The van der Waals surface area contributed by atoms with E-state index in [4.69, 9.17) is 5.11 Å². The van der Waals surface area contributed by atoms with Crippen LogP contribution in [0.25, 0.3) is 0 Å². The molecule has 0 rings (SSSR count). The molecule has 0 aliphatic rings. The minimum absolute atomic E-state index is 0.113. The van der Waals surface area contributed by atoms with Crippen molar-refractivity contribution in [3.05, 3.63) is 23.8 Å². The largest absolute Gasteiger partial charge is 0.394 e. The van der Waals surface area contributed by atoms with Crippen LogP contribution in [0.5, 0.6) is 0 Å². The molecular formula is C10H17NO2. The predicted molar refractivity (Wildman–Crippen MR) is 53.3 cm³/mol. The van der Waals surface area contributed by atoms with Gasteiger partial charge in [-0.25, -0.2) is 0 Å². The molecule has 0 aromatic heterocycles. The van der Waals surface area contributed by atoms with E-state index in [0.717, 1.165) is 5.57 Å². The minimum atomic E-state index is -0.345. The molecule has 1 amide bonds. The van der Waals surface area contributed by atoms with Gasteiger partial charge in [0.15, 0.2) is 0 Å². The van der Waals surface area contributed by atoms with Crippen LogP contribution in [0.15, 0.2) is 23.8 Å². The molecule has 3 heteroatoms. The van der Waals surface area contributed by atoms with Crippen molar-refractivity contribution in [2.75, 3.05) is 6.61 Å². The first-order valence-corrected chi connectivity index (χ1v) is 4.23. The van der Waals surface area contributed by atoms with Crippen molar-refractivity contribution in [2.24, 2.45) is 0 Å². The van der Waals surface area contributed by atoms with E-state index in [0.29, 0.717) is 5.57 Å². The Balaban J connectivity index is 4.26. The molecule has 1 atom stereocenters. The predicted octanol–water partition coefficient (Wildman–Crippen LogP) is 1.01. The average Bonchev–Trinajstić information content (AvgIpc) is 2.11. The fourth-order valence-corrected chi connectivity index (χ4v) is 0.728. The van der Waals surface area contributed by atoms with Gasteiger partial charge in [0.05, 0.1) is 12.6 Å². The van der Waals surface area contributed by atoms with E-state index >= 15 is 0 Å². The monoisotopic (exact) mass is 183 g/mol. The van der Waals surface area contributed by atoms with Crippen molar-refractivity contribution in [3.63, 3.8) is 0 Å². The molecule has 0 aromatic carbocycles. The summed E-state index contributed by atoms with van der Waals surface area (Å²) in [6.07, 6.45) is 1.72. The molecule has 0 radical (unpaired) electrons. The van der Waals surface area contributed by atoms with Crippen molar-refractivity contribution in [3.8, 4) is 0 Å². The van der Waals surface area contributed by atoms with Crippen molar-refractivity contribution < 1.29 is 9.90 Å². The molecule has 0 spiro atoms. The molecule has 74 valence electrons. The van der Waals surface area contributed by atoms with Gasteiger partial charge in [0, 0.05) is 5.57 Å². The molecule has 3 nitrogen and oxygen atoms in total. The zero-order chi connectivity index (χ0) is 10.4. The lowest BCUT2D eigenvalue weighted by Gasteiger charge is -2.16. The van der Waals surface area contributed by atoms with E-state index in [2.05, 4.69) is 11.9 Å². The Bertz CT molecular complexity index is 231. The van der Waals surface area contributed by atoms with Crippen molar-refractivity contribution in [1.82, 2.24) is 5.32 Å². The molecule has 0 heterocycles. The number of amides is 1. The number of aliphatic hydroxyl groups is 1. The van der Waals surface area contributed by atoms with Crippen LogP contribution < -0.4 is 5.32 Å². The van der Waals surface area contributed by atoms with Gasteiger partial charge < -0.3 is 10.4 Å². The van der Waals surface area contributed by atoms with Crippen molar-refractivity contribution in [2.45, 2.75) is 26.8 Å². The fourth-order valence-electron chi connectivity index (χ4n) is 0.728. The standard InChI is InChI=1S/C10H17NO2/c1-5-8(4)10(13)11-9(6-12)7(2)3/h5,9,12H,2,6H2,1,3-4H3,(H,11,13)/b8-5-. The summed E-state index contributed by atoms with van der Waals surface area (Å²) in [5.74, 6) is -0.162. The van der Waals surface area contributed by atoms with Gasteiger partial charge in [0.1, 0.15) is 0 Å². The van der Waals surface area contributed by atoms with Gasteiger partial charge in [0.2, 0.25) is 5.91 Å². The van der Waals surface area contributed by atoms with Crippen LogP contribution in [0.3, 0.4) is 0 Å². The first-order chi connectivity index (χ1) is 6.02. The average molecular weight is 183 g/mol. The maximum Gasteiger partial charge on any atom is 0.247 e. The summed E-state index contributed by atoms with van der Waals surface area (Å²) in [6.45, 7) is 8.85. The lowest BCUT2D eigenvalue weighted by molar-refractivity contribution is -0.118. The SMILES string of the molecule is C=C(C)C(CO)NC(=O)/C(C)=C\C. The van der Waals surface area contributed by atoms with Gasteiger partial charge in [-0.3, -0.25) is 4.79 Å². The summed E-state index contributed by atoms with van der Waals surface area (Å²) < 4.78 is 0. The topological polar surface area (TPSA) is 49.3 Å². The van der Waals surface area contributed by atoms with Crippen LogP contribution in [-0.2, 0) is 4.79 Å². The number of carbonyl (C=O) groups is 1. The fraction of sp³-hybridized carbons (Fsp3) is 0.500. The van der Waals surface area contributed by atoms with Crippen LogP contribution in [0.1, 0.15) is 20.8 Å². The zero-order valence-corrected chi connectivity index (χ0v) is 8.42. The second-order valence-electron chi connectivity index (χ2n) is 3.03. The first-order valence-electron chi connectivity index (χ1n) is 4.23. The van der Waals surface area contributed by atoms with E-state index in [1.807, 2.05) is 0 Å². The second kappa shape index (κ2) is 5.54. The van der Waals surface area contributed by atoms with Gasteiger partial charge in [0.25, 0.3) is 0 Å². The van der Waals surface area contributed by atoms with Crippen LogP contribution in [-0.4, -0.2) is 23.7 Å². The molecule has 13 heavy (non-hydrogen) atoms. The Morgan fingerprint density at radius 2 is 2.15 bits per heavy atom. The summed E-state index contributed by atoms with van der Waals surface area (Å²) in [4.78, 5) is 11.3. The van der Waals surface area contributed by atoms with E-state index in [1.165, 1.54) is 0 Å². The van der Waals surface area contributed by atoms with Gasteiger partial charge in [-0.05, 0) is 20.8 Å². The molecule has 0 aromatic rings. The Labute approximate surface area is 79.2 Å². The molecule has 0 aliphatic carbocycles. The van der Waals surface area contributed by atoms with Crippen LogP contribution in [0.4, 0.5) is 0 Å². The second-order valence-corrected chi connectivity index (χ2v) is 3.03. The third-order valence-electron chi connectivity index (χ3n) is 1.87.